The van der Waals surface area contributed by atoms with Crippen LogP contribution in [0.5, 0.6) is 0 Å². The highest BCUT2D eigenvalue weighted by Gasteiger charge is 2.07. The molecule has 1 aromatic heterocycles. The Morgan fingerprint density at radius 1 is 0.652 bits per heavy atom. The van der Waals surface area contributed by atoms with Crippen LogP contribution in [0, 0.1) is 6.92 Å². The molecule has 0 atom stereocenters. The Hall–Kier alpha value is -2.93. The lowest BCUT2D eigenvalue weighted by atomic mass is 9.97. The van der Waals surface area contributed by atoms with Gasteiger partial charge in [0.1, 0.15) is 0 Å². The van der Waals surface area contributed by atoms with Crippen LogP contribution in [0.4, 0.5) is 0 Å². The molecular weight excluding hydrogens is 278 g/mol. The van der Waals surface area contributed by atoms with Gasteiger partial charge in [0, 0.05) is 11.3 Å². The van der Waals surface area contributed by atoms with Gasteiger partial charge in [-0.05, 0) is 41.0 Å². The van der Waals surface area contributed by atoms with Gasteiger partial charge in [-0.3, -0.25) is 4.98 Å². The van der Waals surface area contributed by atoms with Gasteiger partial charge in [-0.15, -0.1) is 0 Å². The van der Waals surface area contributed by atoms with Crippen molar-refractivity contribution < 1.29 is 0 Å². The van der Waals surface area contributed by atoms with Crippen molar-refractivity contribution in [1.29, 1.82) is 0 Å². The summed E-state index contributed by atoms with van der Waals surface area (Å²) in [6, 6.07) is 29.7. The summed E-state index contributed by atoms with van der Waals surface area (Å²) >= 11 is 0. The van der Waals surface area contributed by atoms with E-state index >= 15 is 0 Å². The minimum Gasteiger partial charge on any atom is -0.253 e. The second kappa shape index (κ2) is 5.69. The molecule has 1 heterocycles. The van der Waals surface area contributed by atoms with E-state index in [9.17, 15) is 0 Å². The Morgan fingerprint density at radius 3 is 2.26 bits per heavy atom. The topological polar surface area (TPSA) is 12.9 Å². The van der Waals surface area contributed by atoms with Gasteiger partial charge >= 0.3 is 0 Å². The van der Waals surface area contributed by atoms with E-state index in [1.54, 1.807) is 0 Å². The van der Waals surface area contributed by atoms with E-state index in [0.29, 0.717) is 0 Å². The molecule has 0 unspecified atom stereocenters. The van der Waals surface area contributed by atoms with Crippen LogP contribution in [0.25, 0.3) is 33.2 Å². The van der Waals surface area contributed by atoms with Gasteiger partial charge in [-0.1, -0.05) is 72.8 Å². The van der Waals surface area contributed by atoms with Crippen molar-refractivity contribution in [1.82, 2.24) is 4.98 Å². The Bertz CT molecular complexity index is 966. The van der Waals surface area contributed by atoms with Gasteiger partial charge in [0.15, 0.2) is 0 Å². The predicted octanol–water partition coefficient (Wildman–Crippen LogP) is 5.88. The molecule has 0 aliphatic rings. The smallest absolute Gasteiger partial charge is 0.0711 e. The molecule has 110 valence electrons. The Morgan fingerprint density at radius 2 is 1.39 bits per heavy atom. The van der Waals surface area contributed by atoms with Crippen molar-refractivity contribution in [3.63, 3.8) is 0 Å². The second-order valence-electron chi connectivity index (χ2n) is 5.78. The Labute approximate surface area is 136 Å². The van der Waals surface area contributed by atoms with E-state index in [1.165, 1.54) is 21.9 Å². The number of pyridine rings is 1. The van der Waals surface area contributed by atoms with Crippen LogP contribution in [0.1, 0.15) is 5.69 Å². The van der Waals surface area contributed by atoms with E-state index in [0.717, 1.165) is 17.0 Å². The summed E-state index contributed by atoms with van der Waals surface area (Å²) in [6.45, 7) is 2.06. The minimum atomic E-state index is 1.02. The van der Waals surface area contributed by atoms with Gasteiger partial charge in [0.05, 0.1) is 5.69 Å². The maximum absolute atomic E-state index is 4.71. The lowest BCUT2D eigenvalue weighted by molar-refractivity contribution is 1.21. The highest BCUT2D eigenvalue weighted by molar-refractivity contribution is 5.97. The van der Waals surface area contributed by atoms with Crippen molar-refractivity contribution in [2.75, 3.05) is 0 Å². The van der Waals surface area contributed by atoms with Crippen LogP contribution in [0.3, 0.4) is 0 Å². The fraction of sp³-hybridized carbons (Fsp3) is 0.0455. The van der Waals surface area contributed by atoms with E-state index in [-0.39, 0.29) is 0 Å². The van der Waals surface area contributed by atoms with E-state index in [1.807, 2.05) is 6.07 Å². The molecule has 0 aliphatic heterocycles. The van der Waals surface area contributed by atoms with Crippen molar-refractivity contribution in [3.8, 4) is 22.4 Å². The number of rotatable bonds is 2. The van der Waals surface area contributed by atoms with E-state index in [2.05, 4.69) is 85.8 Å². The monoisotopic (exact) mass is 295 g/mol. The molecular formula is C22H17N. The zero-order chi connectivity index (χ0) is 15.6. The number of aromatic nitrogens is 1. The fourth-order valence-electron chi connectivity index (χ4n) is 3.06. The molecule has 23 heavy (non-hydrogen) atoms. The first kappa shape index (κ1) is 13.7. The second-order valence-corrected chi connectivity index (χ2v) is 5.78. The molecule has 0 radical (unpaired) electrons. The zero-order valence-electron chi connectivity index (χ0n) is 13.0. The first-order valence-corrected chi connectivity index (χ1v) is 7.83. The molecule has 4 rings (SSSR count). The van der Waals surface area contributed by atoms with E-state index in [4.69, 9.17) is 4.98 Å². The van der Waals surface area contributed by atoms with Crippen molar-refractivity contribution >= 4 is 10.8 Å². The molecule has 0 amide bonds. The van der Waals surface area contributed by atoms with E-state index < -0.39 is 0 Å². The third-order valence-corrected chi connectivity index (χ3v) is 4.12. The lowest BCUT2D eigenvalue weighted by Crippen LogP contribution is -1.90. The van der Waals surface area contributed by atoms with Gasteiger partial charge in [-0.2, -0.15) is 0 Å². The predicted molar refractivity (Wildman–Crippen MR) is 97.4 cm³/mol. The number of aryl methyl sites for hydroxylation is 1. The molecule has 0 saturated heterocycles. The highest BCUT2D eigenvalue weighted by atomic mass is 14.7. The molecule has 1 heteroatoms. The van der Waals surface area contributed by atoms with Gasteiger partial charge in [0.2, 0.25) is 0 Å². The Balaban J connectivity index is 1.94. The third-order valence-electron chi connectivity index (χ3n) is 4.12. The lowest BCUT2D eigenvalue weighted by Gasteiger charge is -2.10. The minimum absolute atomic E-state index is 1.02. The summed E-state index contributed by atoms with van der Waals surface area (Å²) in [6.07, 6.45) is 0. The Kier molecular flexibility index (Phi) is 3.39. The summed E-state index contributed by atoms with van der Waals surface area (Å²) in [5.41, 5.74) is 5.68. The van der Waals surface area contributed by atoms with Crippen LogP contribution in [0.15, 0.2) is 84.9 Å². The van der Waals surface area contributed by atoms with Gasteiger partial charge in [-0.25, -0.2) is 0 Å². The van der Waals surface area contributed by atoms with Crippen LogP contribution in [-0.4, -0.2) is 4.98 Å². The van der Waals surface area contributed by atoms with Crippen LogP contribution < -0.4 is 0 Å². The van der Waals surface area contributed by atoms with Crippen molar-refractivity contribution in [2.24, 2.45) is 0 Å². The van der Waals surface area contributed by atoms with Crippen molar-refractivity contribution in [2.45, 2.75) is 6.92 Å². The molecule has 0 saturated carbocycles. The summed E-state index contributed by atoms with van der Waals surface area (Å²) < 4.78 is 0. The van der Waals surface area contributed by atoms with Crippen LogP contribution in [0.2, 0.25) is 0 Å². The number of fused-ring (bicyclic) bond motifs is 1. The number of hydrogen-bond acceptors (Lipinski definition) is 1. The summed E-state index contributed by atoms with van der Waals surface area (Å²) in [5, 5.41) is 2.54. The van der Waals surface area contributed by atoms with Crippen LogP contribution >= 0.6 is 0 Å². The number of hydrogen-bond donors (Lipinski definition) is 0. The first-order valence-electron chi connectivity index (χ1n) is 7.83. The molecule has 0 N–H and O–H groups in total. The van der Waals surface area contributed by atoms with Gasteiger partial charge < -0.3 is 0 Å². The summed E-state index contributed by atoms with van der Waals surface area (Å²) in [5.74, 6) is 0. The average molecular weight is 295 g/mol. The molecule has 3 aromatic carbocycles. The SMILES string of the molecule is Cc1cc(-c2cccc3ccccc23)cc(-c2ccccc2)n1. The molecule has 1 nitrogen and oxygen atoms in total. The highest BCUT2D eigenvalue weighted by Crippen LogP contribution is 2.31. The molecule has 0 spiro atoms. The summed E-state index contributed by atoms with van der Waals surface area (Å²) in [7, 11) is 0. The molecule has 0 fully saturated rings. The third kappa shape index (κ3) is 2.62. The molecule has 4 aromatic rings. The number of benzene rings is 3. The average Bonchev–Trinajstić information content (AvgIpc) is 2.61. The maximum Gasteiger partial charge on any atom is 0.0711 e. The molecule has 0 bridgehead atoms. The first-order chi connectivity index (χ1) is 11.3. The standard InChI is InChI=1S/C22H17N/c1-16-14-19(15-22(23-16)18-9-3-2-4-10-18)21-13-7-11-17-8-5-6-12-20(17)21/h2-15H,1H3. The molecule has 0 aliphatic carbocycles. The quantitative estimate of drug-likeness (QED) is 0.450. The maximum atomic E-state index is 4.71. The van der Waals surface area contributed by atoms with Crippen molar-refractivity contribution in [3.05, 3.63) is 90.6 Å². The van der Waals surface area contributed by atoms with Crippen LogP contribution in [-0.2, 0) is 0 Å². The van der Waals surface area contributed by atoms with Gasteiger partial charge in [0.25, 0.3) is 0 Å². The zero-order valence-corrected chi connectivity index (χ0v) is 13.0. The summed E-state index contributed by atoms with van der Waals surface area (Å²) in [4.78, 5) is 4.71. The fourth-order valence-corrected chi connectivity index (χ4v) is 3.06. The number of nitrogens with zero attached hydrogens (tertiary/aromatic N) is 1. The normalized spacial score (nSPS) is 10.8. The largest absolute Gasteiger partial charge is 0.253 e.